The lowest BCUT2D eigenvalue weighted by atomic mass is 9.87. The number of ether oxygens (including phenoxy) is 2. The molecule has 1 saturated carbocycles. The van der Waals surface area contributed by atoms with E-state index in [0.29, 0.717) is 18.8 Å². The number of nitrogens with zero attached hydrogens (tertiary/aromatic N) is 1. The number of rotatable bonds is 10. The van der Waals surface area contributed by atoms with Crippen molar-refractivity contribution in [2.45, 2.75) is 31.1 Å². The highest BCUT2D eigenvalue weighted by atomic mass is 32.2. The van der Waals surface area contributed by atoms with Gasteiger partial charge in [0.25, 0.3) is 0 Å². The molecule has 1 aromatic carbocycles. The van der Waals surface area contributed by atoms with Crippen LogP contribution < -0.4 is 4.72 Å². The Kier molecular flexibility index (Phi) is 10.0. The second-order valence-electron chi connectivity index (χ2n) is 8.97. The molecule has 216 valence electrons. The maximum atomic E-state index is 12.1. The van der Waals surface area contributed by atoms with Gasteiger partial charge in [-0.05, 0) is 36.0 Å². The van der Waals surface area contributed by atoms with Crippen LogP contribution in [0.4, 0.5) is 32.0 Å². The van der Waals surface area contributed by atoms with E-state index in [4.69, 9.17) is 5.11 Å². The molecule has 2 N–H and O–H groups in total. The number of likely N-dealkylation sites (tertiary alicyclic amines) is 1. The average molecular weight is 579 g/mol. The lowest BCUT2D eigenvalue weighted by Gasteiger charge is -2.27. The van der Waals surface area contributed by atoms with Crippen molar-refractivity contribution >= 4 is 27.6 Å². The number of sulfonamides is 1. The molecule has 1 amide bonds. The van der Waals surface area contributed by atoms with Gasteiger partial charge in [0.1, 0.15) is 26.4 Å². The molecule has 2 aliphatic rings. The Morgan fingerprint density at radius 3 is 2.03 bits per heavy atom. The Bertz CT molecular complexity index is 1080. The molecule has 0 aromatic heterocycles. The van der Waals surface area contributed by atoms with E-state index >= 15 is 0 Å². The first-order valence-electron chi connectivity index (χ1n) is 11.2. The zero-order chi connectivity index (χ0) is 28.9. The molecule has 1 aliphatic heterocycles. The Hall–Kier alpha value is -2.59. The molecule has 2 unspecified atom stereocenters. The molecule has 3 rings (SSSR count). The van der Waals surface area contributed by atoms with Gasteiger partial charge < -0.3 is 19.5 Å². The molecule has 9 nitrogen and oxygen atoms in total. The van der Waals surface area contributed by atoms with Gasteiger partial charge in [0.05, 0.1) is 6.26 Å². The first-order valence-corrected chi connectivity index (χ1v) is 13.1. The molecule has 1 saturated heterocycles. The van der Waals surface area contributed by atoms with Crippen LogP contribution in [-0.2, 0) is 34.5 Å². The van der Waals surface area contributed by atoms with Gasteiger partial charge in [0.15, 0.2) is 0 Å². The predicted octanol–water partition coefficient (Wildman–Crippen LogP) is 3.02. The smallest absolute Gasteiger partial charge is 0.411 e. The number of hydrogen-bond donors (Lipinski definition) is 2. The Morgan fingerprint density at radius 1 is 1.05 bits per heavy atom. The van der Waals surface area contributed by atoms with Crippen molar-refractivity contribution in [3.63, 3.8) is 0 Å². The summed E-state index contributed by atoms with van der Waals surface area (Å²) in [6.07, 6.45) is -6.98. The minimum Gasteiger partial charge on any atom is -0.480 e. The van der Waals surface area contributed by atoms with Crippen molar-refractivity contribution in [2.24, 2.45) is 11.8 Å². The number of anilines is 1. The summed E-state index contributed by atoms with van der Waals surface area (Å²) in [6.45, 7) is -1.45. The molecular formula is C22H28F6N2O7S. The van der Waals surface area contributed by atoms with E-state index in [1.165, 1.54) is 0 Å². The van der Waals surface area contributed by atoms with E-state index in [-0.39, 0.29) is 17.3 Å². The Balaban J connectivity index is 0.000000432. The minimum atomic E-state index is -4.45. The number of benzene rings is 1. The molecule has 2 atom stereocenters. The number of aliphatic carboxylic acids is 1. The van der Waals surface area contributed by atoms with Crippen LogP contribution in [0, 0.1) is 11.8 Å². The van der Waals surface area contributed by atoms with E-state index in [1.807, 2.05) is 19.1 Å². The van der Waals surface area contributed by atoms with Crippen molar-refractivity contribution in [3.05, 3.63) is 29.8 Å². The molecule has 1 heterocycles. The quantitative estimate of drug-likeness (QED) is 0.410. The predicted molar refractivity (Wildman–Crippen MR) is 122 cm³/mol. The number of piperidine rings is 1. The molecule has 1 aliphatic carbocycles. The molecule has 38 heavy (non-hydrogen) atoms. The maximum absolute atomic E-state index is 12.1. The average Bonchev–Trinajstić information content (AvgIpc) is 3.11. The van der Waals surface area contributed by atoms with Crippen LogP contribution in [-0.4, -0.2) is 88.4 Å². The number of carboxylic acid groups (broad SMARTS) is 1. The normalized spacial score (nSPS) is 22.8. The molecule has 1 aromatic rings. The van der Waals surface area contributed by atoms with Gasteiger partial charge in [0.2, 0.25) is 15.9 Å². The number of hydrogen-bond acceptors (Lipinski definition) is 6. The first kappa shape index (κ1) is 31.6. The molecule has 0 radical (unpaired) electrons. The van der Waals surface area contributed by atoms with E-state index in [9.17, 15) is 44.3 Å². The SMILES string of the molecule is CCC1(c2cccc(NS(C)(=O)=O)c2)C2CN(C(=O)COCC(F)(F)F)CC21.O=C(O)COCC(F)(F)F. The largest absolute Gasteiger partial charge is 0.480 e. The van der Waals surface area contributed by atoms with Gasteiger partial charge in [-0.2, -0.15) is 26.3 Å². The summed E-state index contributed by atoms with van der Waals surface area (Å²) in [5.41, 5.74) is 1.36. The summed E-state index contributed by atoms with van der Waals surface area (Å²) in [6, 6.07) is 7.25. The third kappa shape index (κ3) is 9.31. The lowest BCUT2D eigenvalue weighted by molar-refractivity contribution is -0.180. The van der Waals surface area contributed by atoms with Crippen molar-refractivity contribution in [1.82, 2.24) is 4.90 Å². The van der Waals surface area contributed by atoms with E-state index in [1.54, 1.807) is 17.0 Å². The number of amides is 1. The van der Waals surface area contributed by atoms with E-state index in [2.05, 4.69) is 14.2 Å². The maximum Gasteiger partial charge on any atom is 0.411 e. The molecule has 0 spiro atoms. The van der Waals surface area contributed by atoms with Gasteiger partial charge in [-0.1, -0.05) is 19.1 Å². The number of carbonyl (C=O) groups excluding carboxylic acids is 1. The topological polar surface area (TPSA) is 122 Å². The van der Waals surface area contributed by atoms with Crippen LogP contribution in [0.5, 0.6) is 0 Å². The molecule has 16 heteroatoms. The monoisotopic (exact) mass is 578 g/mol. The number of alkyl halides is 6. The molecule has 2 fully saturated rings. The van der Waals surface area contributed by atoms with Crippen LogP contribution in [0.3, 0.4) is 0 Å². The van der Waals surface area contributed by atoms with Gasteiger partial charge >= 0.3 is 18.3 Å². The summed E-state index contributed by atoms with van der Waals surface area (Å²) >= 11 is 0. The number of fused-ring (bicyclic) bond motifs is 1. The first-order chi connectivity index (χ1) is 17.4. The third-order valence-electron chi connectivity index (χ3n) is 6.16. The molecular weight excluding hydrogens is 550 g/mol. The van der Waals surface area contributed by atoms with E-state index < -0.39 is 60.7 Å². The van der Waals surface area contributed by atoms with Crippen LogP contribution in [0.2, 0.25) is 0 Å². The highest BCUT2D eigenvalue weighted by Crippen LogP contribution is 2.65. The second kappa shape index (κ2) is 12.1. The van der Waals surface area contributed by atoms with Crippen LogP contribution in [0.25, 0.3) is 0 Å². The summed E-state index contributed by atoms with van der Waals surface area (Å²) < 4.78 is 104. The highest BCUT2D eigenvalue weighted by Gasteiger charge is 2.68. The Labute approximate surface area is 215 Å². The van der Waals surface area contributed by atoms with E-state index in [0.717, 1.165) is 18.2 Å². The van der Waals surface area contributed by atoms with Crippen molar-refractivity contribution in [1.29, 1.82) is 0 Å². The fourth-order valence-corrected chi connectivity index (χ4v) is 5.34. The summed E-state index contributed by atoms with van der Waals surface area (Å²) in [7, 11) is -3.38. The van der Waals surface area contributed by atoms with Gasteiger partial charge in [0, 0.05) is 24.2 Å². The minimum absolute atomic E-state index is 0.140. The van der Waals surface area contributed by atoms with Gasteiger partial charge in [-0.3, -0.25) is 9.52 Å². The zero-order valence-electron chi connectivity index (χ0n) is 20.4. The standard InChI is InChI=1S/C18H23F3N2O4S.C4H5F3O3/c1-3-17(12-5-4-6-13(7-12)22-28(2,25)26)14-8-23(9-15(14)17)16(24)10-27-11-18(19,20)21;5-4(6,7)2-10-1-3(8)9/h4-7,14-15,22H,3,8-11H2,1-2H3;1-2H2,(H,8,9). The lowest BCUT2D eigenvalue weighted by Crippen LogP contribution is -2.38. The van der Waals surface area contributed by atoms with Crippen LogP contribution in [0.1, 0.15) is 18.9 Å². The number of halogens is 6. The van der Waals surface area contributed by atoms with Gasteiger partial charge in [-0.25, -0.2) is 13.2 Å². The van der Waals surface area contributed by atoms with Gasteiger partial charge in [-0.15, -0.1) is 0 Å². The second-order valence-corrected chi connectivity index (χ2v) is 10.7. The fraction of sp³-hybridized carbons (Fsp3) is 0.636. The third-order valence-corrected chi connectivity index (χ3v) is 6.76. The Morgan fingerprint density at radius 2 is 1.58 bits per heavy atom. The summed E-state index contributed by atoms with van der Waals surface area (Å²) in [5, 5.41) is 7.82. The van der Waals surface area contributed by atoms with Crippen LogP contribution in [0.15, 0.2) is 24.3 Å². The highest BCUT2D eigenvalue weighted by molar-refractivity contribution is 7.92. The zero-order valence-corrected chi connectivity index (χ0v) is 21.3. The number of nitrogens with one attached hydrogen (secondary N) is 1. The van der Waals surface area contributed by atoms with Crippen molar-refractivity contribution < 1.29 is 58.9 Å². The van der Waals surface area contributed by atoms with Crippen molar-refractivity contribution in [3.8, 4) is 0 Å². The summed E-state index contributed by atoms with van der Waals surface area (Å²) in [5.74, 6) is -1.44. The molecule has 0 bridgehead atoms. The van der Waals surface area contributed by atoms with Crippen LogP contribution >= 0.6 is 0 Å². The summed E-state index contributed by atoms with van der Waals surface area (Å²) in [4.78, 5) is 23.2. The number of carbonyl (C=O) groups is 2. The fourth-order valence-electron chi connectivity index (χ4n) is 4.78. The van der Waals surface area contributed by atoms with Crippen molar-refractivity contribution in [2.75, 3.05) is 50.5 Å². The number of carboxylic acids is 1.